The van der Waals surface area contributed by atoms with Crippen molar-refractivity contribution in [3.8, 4) is 5.75 Å². The second-order valence-electron chi connectivity index (χ2n) is 9.18. The Hall–Kier alpha value is -3.29. The normalized spacial score (nSPS) is 20.1. The topological polar surface area (TPSA) is 58.8 Å². The molecule has 3 aromatic rings. The number of carbonyl (C=O) groups is 1. The van der Waals surface area contributed by atoms with Gasteiger partial charge in [-0.2, -0.15) is 0 Å². The molecule has 1 amide bonds. The van der Waals surface area contributed by atoms with Crippen molar-refractivity contribution in [1.82, 2.24) is 9.80 Å². The maximum absolute atomic E-state index is 13.7. The molecular formula is C28H31F2N3O2. The van der Waals surface area contributed by atoms with E-state index in [1.54, 1.807) is 31.4 Å². The van der Waals surface area contributed by atoms with Crippen molar-refractivity contribution in [1.29, 1.82) is 0 Å². The van der Waals surface area contributed by atoms with Gasteiger partial charge in [-0.05, 0) is 66.9 Å². The van der Waals surface area contributed by atoms with Gasteiger partial charge in [0, 0.05) is 25.2 Å². The molecule has 0 spiro atoms. The van der Waals surface area contributed by atoms with Crippen LogP contribution in [-0.2, 0) is 4.79 Å². The van der Waals surface area contributed by atoms with Crippen LogP contribution in [0.1, 0.15) is 42.6 Å². The van der Waals surface area contributed by atoms with E-state index in [9.17, 15) is 13.6 Å². The fourth-order valence-electron chi connectivity index (χ4n) is 5.07. The molecule has 0 radical (unpaired) electrons. The predicted octanol–water partition coefficient (Wildman–Crippen LogP) is 4.68. The van der Waals surface area contributed by atoms with E-state index in [0.717, 1.165) is 16.7 Å². The van der Waals surface area contributed by atoms with Gasteiger partial charge in [-0.15, -0.1) is 0 Å². The van der Waals surface area contributed by atoms with Gasteiger partial charge in [0.1, 0.15) is 23.4 Å². The summed E-state index contributed by atoms with van der Waals surface area (Å²) < 4.78 is 32.6. The first-order valence-corrected chi connectivity index (χ1v) is 11.7. The predicted molar refractivity (Wildman–Crippen MR) is 132 cm³/mol. The molecule has 184 valence electrons. The number of nitrogens with zero attached hydrogens (tertiary/aromatic N) is 2. The molecule has 3 atom stereocenters. The van der Waals surface area contributed by atoms with Crippen molar-refractivity contribution in [3.05, 3.63) is 101 Å². The van der Waals surface area contributed by atoms with E-state index in [-0.39, 0.29) is 29.8 Å². The summed E-state index contributed by atoms with van der Waals surface area (Å²) in [6.45, 7) is 5.41. The number of hydrogen-bond donors (Lipinski definition) is 1. The molecular weight excluding hydrogens is 448 g/mol. The highest BCUT2D eigenvalue weighted by atomic mass is 19.1. The van der Waals surface area contributed by atoms with Gasteiger partial charge in [0.25, 0.3) is 0 Å². The standard InChI is InChI=1S/C28H31F2N3O2/c1-18-17-33(27(28(31)34)22-8-14-25(35-3)15-9-22)19(2)16-32(18)26(20-4-10-23(29)11-5-20)21-6-12-24(30)13-7-21/h4-15,18-19,26-27H,16-17H2,1-3H3,(H2,31,34). The molecule has 0 bridgehead atoms. The Morgan fingerprint density at radius 1 is 0.800 bits per heavy atom. The molecule has 5 nitrogen and oxygen atoms in total. The Morgan fingerprint density at radius 2 is 1.23 bits per heavy atom. The van der Waals surface area contributed by atoms with E-state index in [1.165, 1.54) is 24.3 Å². The average Bonchev–Trinajstić information content (AvgIpc) is 2.84. The lowest BCUT2D eigenvalue weighted by atomic mass is 9.92. The maximum atomic E-state index is 13.7. The first-order valence-electron chi connectivity index (χ1n) is 11.7. The third-order valence-corrected chi connectivity index (χ3v) is 6.82. The van der Waals surface area contributed by atoms with E-state index in [1.807, 2.05) is 24.3 Å². The molecule has 1 saturated heterocycles. The molecule has 1 fully saturated rings. The van der Waals surface area contributed by atoms with Gasteiger partial charge in [0.05, 0.1) is 13.2 Å². The molecule has 2 N–H and O–H groups in total. The van der Waals surface area contributed by atoms with Crippen LogP contribution in [0.3, 0.4) is 0 Å². The fourth-order valence-corrected chi connectivity index (χ4v) is 5.07. The second kappa shape index (κ2) is 10.5. The Bertz CT molecular complexity index is 1090. The molecule has 3 unspecified atom stereocenters. The number of ether oxygens (including phenoxy) is 1. The number of rotatable bonds is 7. The van der Waals surface area contributed by atoms with Crippen molar-refractivity contribution < 1.29 is 18.3 Å². The SMILES string of the molecule is COc1ccc(C(C(N)=O)N2CC(C)N(C(c3ccc(F)cc3)c3ccc(F)cc3)CC2C)cc1. The van der Waals surface area contributed by atoms with Crippen molar-refractivity contribution in [2.75, 3.05) is 20.2 Å². The first-order chi connectivity index (χ1) is 16.8. The molecule has 7 heteroatoms. The molecule has 3 aromatic carbocycles. The van der Waals surface area contributed by atoms with Crippen molar-refractivity contribution >= 4 is 5.91 Å². The highest BCUT2D eigenvalue weighted by Crippen LogP contribution is 2.36. The quantitative estimate of drug-likeness (QED) is 0.535. The summed E-state index contributed by atoms with van der Waals surface area (Å²) in [5, 5.41) is 0. The van der Waals surface area contributed by atoms with Crippen LogP contribution in [0.5, 0.6) is 5.75 Å². The minimum atomic E-state index is -0.574. The lowest BCUT2D eigenvalue weighted by Gasteiger charge is -2.49. The minimum Gasteiger partial charge on any atom is -0.497 e. The summed E-state index contributed by atoms with van der Waals surface area (Å²) in [5.74, 6) is -0.302. The summed E-state index contributed by atoms with van der Waals surface area (Å²) in [4.78, 5) is 17.1. The third-order valence-electron chi connectivity index (χ3n) is 6.82. The summed E-state index contributed by atoms with van der Waals surface area (Å²) in [5.41, 5.74) is 8.55. The van der Waals surface area contributed by atoms with E-state index in [2.05, 4.69) is 23.6 Å². The van der Waals surface area contributed by atoms with Crippen LogP contribution in [-0.4, -0.2) is 48.0 Å². The molecule has 1 aliphatic heterocycles. The molecule has 0 aliphatic carbocycles. The zero-order valence-electron chi connectivity index (χ0n) is 20.2. The van der Waals surface area contributed by atoms with Crippen LogP contribution < -0.4 is 10.5 Å². The van der Waals surface area contributed by atoms with Crippen LogP contribution in [0.4, 0.5) is 8.78 Å². The van der Waals surface area contributed by atoms with Crippen molar-refractivity contribution in [3.63, 3.8) is 0 Å². The Morgan fingerprint density at radius 3 is 1.69 bits per heavy atom. The Balaban J connectivity index is 1.65. The highest BCUT2D eigenvalue weighted by Gasteiger charge is 2.39. The molecule has 1 aliphatic rings. The van der Waals surface area contributed by atoms with Crippen LogP contribution in [0.2, 0.25) is 0 Å². The van der Waals surface area contributed by atoms with Gasteiger partial charge in [-0.1, -0.05) is 36.4 Å². The number of halogens is 2. The average molecular weight is 480 g/mol. The second-order valence-corrected chi connectivity index (χ2v) is 9.18. The number of methoxy groups -OCH3 is 1. The number of hydrogen-bond acceptors (Lipinski definition) is 4. The van der Waals surface area contributed by atoms with Gasteiger partial charge in [-0.3, -0.25) is 14.6 Å². The van der Waals surface area contributed by atoms with E-state index in [4.69, 9.17) is 10.5 Å². The smallest absolute Gasteiger partial charge is 0.239 e. The van der Waals surface area contributed by atoms with Gasteiger partial charge < -0.3 is 10.5 Å². The van der Waals surface area contributed by atoms with Crippen LogP contribution in [0.15, 0.2) is 72.8 Å². The monoisotopic (exact) mass is 479 g/mol. The summed E-state index contributed by atoms with van der Waals surface area (Å²) >= 11 is 0. The molecule has 35 heavy (non-hydrogen) atoms. The van der Waals surface area contributed by atoms with Gasteiger partial charge in [0.2, 0.25) is 5.91 Å². The third kappa shape index (κ3) is 5.36. The van der Waals surface area contributed by atoms with Gasteiger partial charge in [-0.25, -0.2) is 8.78 Å². The molecule has 1 heterocycles. The molecule has 0 saturated carbocycles. The van der Waals surface area contributed by atoms with E-state index >= 15 is 0 Å². The van der Waals surface area contributed by atoms with Crippen molar-refractivity contribution in [2.24, 2.45) is 5.73 Å². The number of carbonyl (C=O) groups excluding carboxylic acids is 1. The number of primary amides is 1. The zero-order chi connectivity index (χ0) is 25.1. The number of benzene rings is 3. The number of piperazine rings is 1. The van der Waals surface area contributed by atoms with E-state index in [0.29, 0.717) is 18.8 Å². The number of amides is 1. The van der Waals surface area contributed by atoms with Crippen LogP contribution >= 0.6 is 0 Å². The van der Waals surface area contributed by atoms with Crippen LogP contribution in [0, 0.1) is 11.6 Å². The number of nitrogens with two attached hydrogens (primary N) is 1. The van der Waals surface area contributed by atoms with Crippen molar-refractivity contribution in [2.45, 2.75) is 38.0 Å². The van der Waals surface area contributed by atoms with Crippen LogP contribution in [0.25, 0.3) is 0 Å². The Labute approximate surface area is 205 Å². The fraction of sp³-hybridized carbons (Fsp3) is 0.321. The van der Waals surface area contributed by atoms with E-state index < -0.39 is 11.9 Å². The first kappa shape index (κ1) is 24.8. The molecule has 0 aromatic heterocycles. The summed E-state index contributed by atoms with van der Waals surface area (Å²) in [6.07, 6.45) is 0. The minimum absolute atomic E-state index is 0.00537. The van der Waals surface area contributed by atoms with Gasteiger partial charge >= 0.3 is 0 Å². The largest absolute Gasteiger partial charge is 0.497 e. The Kier molecular flexibility index (Phi) is 7.48. The zero-order valence-corrected chi connectivity index (χ0v) is 20.2. The summed E-state index contributed by atoms with van der Waals surface area (Å²) in [6, 6.07) is 19.6. The highest BCUT2D eigenvalue weighted by molar-refractivity contribution is 5.81. The molecule has 4 rings (SSSR count). The maximum Gasteiger partial charge on any atom is 0.239 e. The van der Waals surface area contributed by atoms with Gasteiger partial charge in [0.15, 0.2) is 0 Å². The lowest BCUT2D eigenvalue weighted by Crippen LogP contribution is -2.59. The summed E-state index contributed by atoms with van der Waals surface area (Å²) in [7, 11) is 1.60. The lowest BCUT2D eigenvalue weighted by molar-refractivity contribution is -0.126.